The standard InChI is InChI=1S/C21H13ClN2O6/c1-28-14-6-8-16(18(11-14)24(26)27)19-9-7-15(29-19)10-17-21(25)30-20(23-17)12-2-4-13(22)5-3-12/h2-11H,1H3/b17-10+. The molecule has 0 amide bonds. The molecule has 1 aromatic heterocycles. The molecule has 0 N–H and O–H groups in total. The van der Waals surface area contributed by atoms with E-state index in [0.29, 0.717) is 22.1 Å². The van der Waals surface area contributed by atoms with Crippen molar-refractivity contribution < 1.29 is 23.6 Å². The van der Waals surface area contributed by atoms with E-state index in [2.05, 4.69) is 4.99 Å². The van der Waals surface area contributed by atoms with Crippen LogP contribution >= 0.6 is 11.6 Å². The summed E-state index contributed by atoms with van der Waals surface area (Å²) in [5.74, 6) is 0.443. The lowest BCUT2D eigenvalue weighted by Crippen LogP contribution is -2.05. The van der Waals surface area contributed by atoms with Gasteiger partial charge in [-0.25, -0.2) is 9.79 Å². The summed E-state index contributed by atoms with van der Waals surface area (Å²) in [6, 6.07) is 14.3. The first-order chi connectivity index (χ1) is 14.4. The molecule has 0 bridgehead atoms. The number of furan rings is 1. The Labute approximate surface area is 175 Å². The first-order valence-corrected chi connectivity index (χ1v) is 9.03. The van der Waals surface area contributed by atoms with Gasteiger partial charge in [0, 0.05) is 16.7 Å². The molecule has 1 aliphatic heterocycles. The molecule has 8 nitrogen and oxygen atoms in total. The van der Waals surface area contributed by atoms with Crippen LogP contribution in [0.5, 0.6) is 5.75 Å². The van der Waals surface area contributed by atoms with Gasteiger partial charge in [0.15, 0.2) is 5.70 Å². The van der Waals surface area contributed by atoms with Crippen LogP contribution < -0.4 is 4.74 Å². The summed E-state index contributed by atoms with van der Waals surface area (Å²) >= 11 is 5.86. The third-order valence-corrected chi connectivity index (χ3v) is 4.54. The molecule has 0 spiro atoms. The maximum Gasteiger partial charge on any atom is 0.363 e. The van der Waals surface area contributed by atoms with Crippen LogP contribution in [0.4, 0.5) is 5.69 Å². The van der Waals surface area contributed by atoms with Crippen LogP contribution in [0.3, 0.4) is 0 Å². The van der Waals surface area contributed by atoms with Crippen molar-refractivity contribution in [3.05, 3.63) is 86.8 Å². The summed E-state index contributed by atoms with van der Waals surface area (Å²) in [6.45, 7) is 0. The van der Waals surface area contributed by atoms with E-state index >= 15 is 0 Å². The number of nitro groups is 1. The molecule has 0 atom stereocenters. The van der Waals surface area contributed by atoms with Gasteiger partial charge in [-0.05, 0) is 48.5 Å². The molecule has 4 rings (SSSR count). The molecule has 0 fully saturated rings. The third-order valence-electron chi connectivity index (χ3n) is 4.28. The maximum absolute atomic E-state index is 12.1. The summed E-state index contributed by atoms with van der Waals surface area (Å²) in [7, 11) is 1.43. The number of ether oxygens (including phenoxy) is 2. The molecule has 1 aliphatic rings. The zero-order valence-electron chi connectivity index (χ0n) is 15.5. The van der Waals surface area contributed by atoms with Gasteiger partial charge in [-0.3, -0.25) is 10.1 Å². The molecule has 150 valence electrons. The average Bonchev–Trinajstić information content (AvgIpc) is 3.35. The van der Waals surface area contributed by atoms with Crippen molar-refractivity contribution in [1.29, 1.82) is 0 Å². The number of carbonyl (C=O) groups excluding carboxylic acids is 1. The molecule has 0 saturated carbocycles. The van der Waals surface area contributed by atoms with E-state index in [1.165, 1.54) is 25.3 Å². The zero-order chi connectivity index (χ0) is 21.3. The molecule has 0 radical (unpaired) electrons. The van der Waals surface area contributed by atoms with Crippen LogP contribution in [-0.2, 0) is 9.53 Å². The van der Waals surface area contributed by atoms with Gasteiger partial charge in [-0.2, -0.15) is 0 Å². The van der Waals surface area contributed by atoms with Crippen molar-refractivity contribution in [3.8, 4) is 17.1 Å². The van der Waals surface area contributed by atoms with Crippen LogP contribution in [0.1, 0.15) is 11.3 Å². The molecule has 9 heteroatoms. The fourth-order valence-corrected chi connectivity index (χ4v) is 2.96. The van der Waals surface area contributed by atoms with Gasteiger partial charge in [0.2, 0.25) is 5.90 Å². The Morgan fingerprint density at radius 2 is 1.90 bits per heavy atom. The van der Waals surface area contributed by atoms with E-state index in [-0.39, 0.29) is 28.6 Å². The fraction of sp³-hybridized carbons (Fsp3) is 0.0476. The van der Waals surface area contributed by atoms with E-state index in [1.54, 1.807) is 42.5 Å². The van der Waals surface area contributed by atoms with Gasteiger partial charge in [-0.1, -0.05) is 11.6 Å². The number of rotatable bonds is 5. The van der Waals surface area contributed by atoms with Gasteiger partial charge in [0.05, 0.1) is 23.7 Å². The SMILES string of the molecule is COc1ccc(-c2ccc(/C=C3/N=C(c4ccc(Cl)cc4)OC3=O)o2)c([N+](=O)[O-])c1. The molecule has 0 unspecified atom stereocenters. The Morgan fingerprint density at radius 1 is 1.13 bits per heavy atom. The summed E-state index contributed by atoms with van der Waals surface area (Å²) < 4.78 is 15.9. The molecule has 2 heterocycles. The maximum atomic E-state index is 12.1. The Morgan fingerprint density at radius 3 is 2.60 bits per heavy atom. The second kappa shape index (κ2) is 7.84. The van der Waals surface area contributed by atoms with Crippen LogP contribution in [0.25, 0.3) is 17.4 Å². The highest BCUT2D eigenvalue weighted by Gasteiger charge is 2.25. The zero-order valence-corrected chi connectivity index (χ0v) is 16.3. The van der Waals surface area contributed by atoms with Crippen molar-refractivity contribution in [2.24, 2.45) is 4.99 Å². The van der Waals surface area contributed by atoms with E-state index in [1.807, 2.05) is 0 Å². The number of methoxy groups -OCH3 is 1. The molecule has 0 aliphatic carbocycles. The third kappa shape index (κ3) is 3.81. The summed E-state index contributed by atoms with van der Waals surface area (Å²) in [6.07, 6.45) is 1.41. The lowest BCUT2D eigenvalue weighted by molar-refractivity contribution is -0.384. The number of cyclic esters (lactones) is 1. The number of hydrogen-bond donors (Lipinski definition) is 0. The van der Waals surface area contributed by atoms with E-state index in [0.717, 1.165) is 0 Å². The van der Waals surface area contributed by atoms with Crippen molar-refractivity contribution in [3.63, 3.8) is 0 Å². The van der Waals surface area contributed by atoms with E-state index in [4.69, 9.17) is 25.5 Å². The Hall–Kier alpha value is -3.91. The Kier molecular flexibility index (Phi) is 5.07. The number of esters is 1. The van der Waals surface area contributed by atoms with Gasteiger partial charge in [-0.15, -0.1) is 0 Å². The Bertz CT molecular complexity index is 1210. The number of hydrogen-bond acceptors (Lipinski definition) is 7. The molecule has 30 heavy (non-hydrogen) atoms. The quantitative estimate of drug-likeness (QED) is 0.250. The van der Waals surface area contributed by atoms with Crippen LogP contribution in [0.2, 0.25) is 5.02 Å². The van der Waals surface area contributed by atoms with Crippen molar-refractivity contribution >= 4 is 35.2 Å². The number of halogens is 1. The second-order valence-electron chi connectivity index (χ2n) is 6.19. The van der Waals surface area contributed by atoms with Crippen molar-refractivity contribution in [1.82, 2.24) is 0 Å². The Balaban J connectivity index is 1.65. The first-order valence-electron chi connectivity index (χ1n) is 8.66. The predicted octanol–water partition coefficient (Wildman–Crippen LogP) is 4.86. The highest BCUT2D eigenvalue weighted by atomic mass is 35.5. The minimum absolute atomic E-state index is 0.0464. The molecule has 3 aromatic rings. The monoisotopic (exact) mass is 424 g/mol. The number of nitrogens with zero attached hydrogens (tertiary/aromatic N) is 2. The van der Waals surface area contributed by atoms with Crippen LogP contribution in [-0.4, -0.2) is 23.9 Å². The molecular formula is C21H13ClN2O6. The minimum Gasteiger partial charge on any atom is -0.497 e. The molecule has 0 saturated heterocycles. The smallest absolute Gasteiger partial charge is 0.363 e. The van der Waals surface area contributed by atoms with Gasteiger partial charge in [0.25, 0.3) is 5.69 Å². The summed E-state index contributed by atoms with van der Waals surface area (Å²) in [5.41, 5.74) is 0.770. The van der Waals surface area contributed by atoms with Gasteiger partial charge in [0.1, 0.15) is 17.3 Å². The normalized spacial score (nSPS) is 14.5. The first kappa shape index (κ1) is 19.4. The topological polar surface area (TPSA) is 104 Å². The second-order valence-corrected chi connectivity index (χ2v) is 6.62. The summed E-state index contributed by atoms with van der Waals surface area (Å²) in [4.78, 5) is 27.2. The number of carbonyl (C=O) groups is 1. The summed E-state index contributed by atoms with van der Waals surface area (Å²) in [5, 5.41) is 11.9. The van der Waals surface area contributed by atoms with Gasteiger partial charge >= 0.3 is 5.97 Å². The number of benzene rings is 2. The van der Waals surface area contributed by atoms with Crippen LogP contribution in [0.15, 0.2) is 69.7 Å². The average molecular weight is 425 g/mol. The largest absolute Gasteiger partial charge is 0.497 e. The lowest BCUT2D eigenvalue weighted by Gasteiger charge is -2.03. The molecular weight excluding hydrogens is 412 g/mol. The van der Waals surface area contributed by atoms with Crippen molar-refractivity contribution in [2.45, 2.75) is 0 Å². The highest BCUT2D eigenvalue weighted by Crippen LogP contribution is 2.34. The predicted molar refractivity (Wildman–Crippen MR) is 109 cm³/mol. The van der Waals surface area contributed by atoms with Crippen molar-refractivity contribution in [2.75, 3.05) is 7.11 Å². The van der Waals surface area contributed by atoms with Crippen LogP contribution in [0, 0.1) is 10.1 Å². The lowest BCUT2D eigenvalue weighted by atomic mass is 10.1. The van der Waals surface area contributed by atoms with E-state index < -0.39 is 10.9 Å². The van der Waals surface area contributed by atoms with Gasteiger partial charge < -0.3 is 13.9 Å². The minimum atomic E-state index is -0.631. The van der Waals surface area contributed by atoms with E-state index in [9.17, 15) is 14.9 Å². The molecule has 2 aromatic carbocycles. The fourth-order valence-electron chi connectivity index (χ4n) is 2.83. The highest BCUT2D eigenvalue weighted by molar-refractivity contribution is 6.30. The number of aliphatic imine (C=N–C) groups is 1. The number of nitro benzene ring substituents is 1.